The SMILES string of the molecule is CSCC[C@H](NC(=O)OCC1c2ccccc2-c2ccccc21)C(=O)NCC#CC(=O)O. The molecule has 32 heavy (non-hydrogen) atoms. The Hall–Kier alpha value is -3.44. The molecule has 2 aromatic carbocycles. The first-order valence-corrected chi connectivity index (χ1v) is 11.5. The zero-order chi connectivity index (χ0) is 22.9. The van der Waals surface area contributed by atoms with E-state index in [9.17, 15) is 14.4 Å². The fourth-order valence-corrected chi connectivity index (χ4v) is 4.13. The summed E-state index contributed by atoms with van der Waals surface area (Å²) in [7, 11) is 0. The Labute approximate surface area is 190 Å². The van der Waals surface area contributed by atoms with Crippen molar-refractivity contribution in [3.8, 4) is 23.0 Å². The topological polar surface area (TPSA) is 105 Å². The standard InChI is InChI=1S/C24H24N2O5S/c1-32-14-12-21(23(29)25-13-6-11-22(27)28)26-24(30)31-15-20-18-9-4-2-7-16(18)17-8-3-5-10-19(17)20/h2-5,7-10,20-21H,12-15H2,1H3,(H,25,29)(H,26,30)(H,27,28)/t21-/m0/s1. The average Bonchev–Trinajstić information content (AvgIpc) is 3.11. The molecule has 166 valence electrons. The molecule has 0 saturated heterocycles. The van der Waals surface area contributed by atoms with Crippen LogP contribution in [0.15, 0.2) is 48.5 Å². The largest absolute Gasteiger partial charge is 0.472 e. The van der Waals surface area contributed by atoms with Gasteiger partial charge in [0, 0.05) is 11.8 Å². The lowest BCUT2D eigenvalue weighted by Crippen LogP contribution is -2.47. The smallest absolute Gasteiger partial charge is 0.407 e. The number of rotatable bonds is 8. The fourth-order valence-electron chi connectivity index (χ4n) is 3.66. The quantitative estimate of drug-likeness (QED) is 0.532. The van der Waals surface area contributed by atoms with Crippen LogP contribution in [0.4, 0.5) is 4.79 Å². The lowest BCUT2D eigenvalue weighted by Gasteiger charge is -2.19. The summed E-state index contributed by atoms with van der Waals surface area (Å²) in [5.74, 6) is 3.14. The summed E-state index contributed by atoms with van der Waals surface area (Å²) in [6.45, 7) is 0.0358. The molecule has 3 rings (SSSR count). The number of alkyl carbamates (subject to hydrolysis) is 1. The molecule has 0 aromatic heterocycles. The Kier molecular flexibility index (Phi) is 8.17. The van der Waals surface area contributed by atoms with Gasteiger partial charge in [0.1, 0.15) is 12.6 Å². The molecular weight excluding hydrogens is 428 g/mol. The van der Waals surface area contributed by atoms with Gasteiger partial charge in [0.15, 0.2) is 0 Å². The second kappa shape index (κ2) is 11.3. The number of hydrogen-bond donors (Lipinski definition) is 3. The van der Waals surface area contributed by atoms with Crippen molar-refractivity contribution in [1.29, 1.82) is 0 Å². The van der Waals surface area contributed by atoms with Gasteiger partial charge in [-0.25, -0.2) is 9.59 Å². The van der Waals surface area contributed by atoms with Crippen LogP contribution in [0.2, 0.25) is 0 Å². The van der Waals surface area contributed by atoms with Crippen molar-refractivity contribution >= 4 is 29.7 Å². The van der Waals surface area contributed by atoms with Crippen molar-refractivity contribution < 1.29 is 24.2 Å². The number of aliphatic carboxylic acids is 1. The Morgan fingerprint density at radius 1 is 1.09 bits per heavy atom. The molecule has 0 radical (unpaired) electrons. The van der Waals surface area contributed by atoms with Gasteiger partial charge >= 0.3 is 12.1 Å². The number of hydrogen-bond acceptors (Lipinski definition) is 5. The van der Waals surface area contributed by atoms with E-state index in [1.807, 2.05) is 48.6 Å². The van der Waals surface area contributed by atoms with Crippen LogP contribution in [0.1, 0.15) is 23.5 Å². The summed E-state index contributed by atoms with van der Waals surface area (Å²) in [5.41, 5.74) is 4.49. The second-order valence-electron chi connectivity index (χ2n) is 7.13. The van der Waals surface area contributed by atoms with Gasteiger partial charge in [-0.2, -0.15) is 11.8 Å². The van der Waals surface area contributed by atoms with Crippen LogP contribution in [0.5, 0.6) is 0 Å². The molecule has 0 spiro atoms. The van der Waals surface area contributed by atoms with Gasteiger partial charge in [0.25, 0.3) is 0 Å². The lowest BCUT2D eigenvalue weighted by atomic mass is 9.98. The van der Waals surface area contributed by atoms with E-state index in [1.54, 1.807) is 11.8 Å². The van der Waals surface area contributed by atoms with Gasteiger partial charge in [-0.05, 0) is 40.7 Å². The third-order valence-electron chi connectivity index (χ3n) is 5.11. The van der Waals surface area contributed by atoms with E-state index in [0.29, 0.717) is 12.2 Å². The number of thioether (sulfide) groups is 1. The average molecular weight is 453 g/mol. The maximum atomic E-state index is 12.5. The van der Waals surface area contributed by atoms with Crippen LogP contribution >= 0.6 is 11.8 Å². The maximum Gasteiger partial charge on any atom is 0.407 e. The molecule has 0 heterocycles. The fraction of sp³-hybridized carbons (Fsp3) is 0.292. The molecule has 8 heteroatoms. The first-order valence-electron chi connectivity index (χ1n) is 10.1. The van der Waals surface area contributed by atoms with E-state index < -0.39 is 24.0 Å². The molecule has 1 aliphatic carbocycles. The van der Waals surface area contributed by atoms with E-state index in [-0.39, 0.29) is 19.1 Å². The number of carbonyl (C=O) groups excluding carboxylic acids is 2. The predicted octanol–water partition coefficient (Wildman–Crippen LogP) is 2.85. The Morgan fingerprint density at radius 3 is 2.31 bits per heavy atom. The second-order valence-corrected chi connectivity index (χ2v) is 8.11. The van der Waals surface area contributed by atoms with E-state index >= 15 is 0 Å². The number of carboxylic acid groups (broad SMARTS) is 1. The molecule has 0 saturated carbocycles. The summed E-state index contributed by atoms with van der Waals surface area (Å²) in [4.78, 5) is 35.3. The van der Waals surface area contributed by atoms with Crippen molar-refractivity contribution in [3.05, 3.63) is 59.7 Å². The molecule has 2 aromatic rings. The third-order valence-corrected chi connectivity index (χ3v) is 5.75. The summed E-state index contributed by atoms with van der Waals surface area (Å²) in [6, 6.07) is 15.3. The van der Waals surface area contributed by atoms with Crippen molar-refractivity contribution in [2.24, 2.45) is 0 Å². The van der Waals surface area contributed by atoms with Crippen molar-refractivity contribution in [1.82, 2.24) is 10.6 Å². The highest BCUT2D eigenvalue weighted by Crippen LogP contribution is 2.44. The summed E-state index contributed by atoms with van der Waals surface area (Å²) < 4.78 is 5.51. The van der Waals surface area contributed by atoms with Crippen molar-refractivity contribution in [2.75, 3.05) is 25.2 Å². The summed E-state index contributed by atoms with van der Waals surface area (Å²) >= 11 is 1.55. The van der Waals surface area contributed by atoms with Crippen LogP contribution < -0.4 is 10.6 Å². The first kappa shape index (κ1) is 23.2. The number of amides is 2. The number of ether oxygens (including phenoxy) is 1. The molecule has 0 unspecified atom stereocenters. The molecule has 7 nitrogen and oxygen atoms in total. The van der Waals surface area contributed by atoms with Crippen LogP contribution in [0.25, 0.3) is 11.1 Å². The molecule has 1 atom stereocenters. The predicted molar refractivity (Wildman–Crippen MR) is 123 cm³/mol. The third kappa shape index (κ3) is 5.83. The highest BCUT2D eigenvalue weighted by atomic mass is 32.2. The van der Waals surface area contributed by atoms with Gasteiger partial charge in [0.2, 0.25) is 5.91 Å². The van der Waals surface area contributed by atoms with Crippen molar-refractivity contribution in [2.45, 2.75) is 18.4 Å². The summed E-state index contributed by atoms with van der Waals surface area (Å²) in [5, 5.41) is 13.7. The molecule has 0 aliphatic heterocycles. The Morgan fingerprint density at radius 2 is 1.72 bits per heavy atom. The van der Waals surface area contributed by atoms with E-state index in [1.165, 1.54) is 0 Å². The zero-order valence-corrected chi connectivity index (χ0v) is 18.4. The van der Waals surface area contributed by atoms with Gasteiger partial charge in [-0.3, -0.25) is 4.79 Å². The highest BCUT2D eigenvalue weighted by molar-refractivity contribution is 7.98. The molecular formula is C24H24N2O5S. The van der Waals surface area contributed by atoms with Gasteiger partial charge in [-0.15, -0.1) is 0 Å². The zero-order valence-electron chi connectivity index (χ0n) is 17.6. The molecule has 2 amide bonds. The lowest BCUT2D eigenvalue weighted by molar-refractivity contribution is -0.130. The van der Waals surface area contributed by atoms with Gasteiger partial charge < -0.3 is 20.5 Å². The minimum atomic E-state index is -1.27. The van der Waals surface area contributed by atoms with Crippen LogP contribution in [-0.4, -0.2) is 54.3 Å². The molecule has 0 bridgehead atoms. The van der Waals surface area contributed by atoms with E-state index in [0.717, 1.165) is 22.3 Å². The highest BCUT2D eigenvalue weighted by Gasteiger charge is 2.29. The number of fused-ring (bicyclic) bond motifs is 3. The minimum absolute atomic E-state index is 0.0714. The van der Waals surface area contributed by atoms with Crippen LogP contribution in [0, 0.1) is 11.8 Å². The Bertz CT molecular complexity index is 1010. The number of benzene rings is 2. The maximum absolute atomic E-state index is 12.5. The molecule has 0 fully saturated rings. The van der Waals surface area contributed by atoms with Crippen LogP contribution in [0.3, 0.4) is 0 Å². The van der Waals surface area contributed by atoms with Gasteiger partial charge in [0.05, 0.1) is 6.54 Å². The minimum Gasteiger partial charge on any atom is -0.472 e. The van der Waals surface area contributed by atoms with Crippen molar-refractivity contribution in [3.63, 3.8) is 0 Å². The van der Waals surface area contributed by atoms with Gasteiger partial charge in [-0.1, -0.05) is 54.5 Å². The van der Waals surface area contributed by atoms with E-state index in [2.05, 4.69) is 28.7 Å². The normalized spacial score (nSPS) is 12.5. The monoisotopic (exact) mass is 452 g/mol. The number of carboxylic acids is 1. The molecule has 3 N–H and O–H groups in total. The van der Waals surface area contributed by atoms with E-state index in [4.69, 9.17) is 9.84 Å². The van der Waals surface area contributed by atoms with Crippen LogP contribution in [-0.2, 0) is 14.3 Å². The molecule has 1 aliphatic rings. The first-order chi connectivity index (χ1) is 15.5. The Balaban J connectivity index is 1.61. The number of nitrogens with one attached hydrogen (secondary N) is 2. The summed E-state index contributed by atoms with van der Waals surface area (Å²) in [6.07, 6.45) is 1.63. The number of carbonyl (C=O) groups is 3.